The number of fused-ring (bicyclic) bond motifs is 1. The van der Waals surface area contributed by atoms with Crippen LogP contribution in [0.4, 0.5) is 0 Å². The van der Waals surface area contributed by atoms with E-state index in [1.807, 2.05) is 65.7 Å². The van der Waals surface area contributed by atoms with Crippen molar-refractivity contribution in [2.45, 2.75) is 25.0 Å². The Bertz CT molecular complexity index is 852. The second kappa shape index (κ2) is 6.13. The Morgan fingerprint density at radius 1 is 1.17 bits per heavy atom. The number of hydrogen-bond donors (Lipinski definition) is 2. The van der Waals surface area contributed by atoms with Gasteiger partial charge in [0.15, 0.2) is 0 Å². The molecule has 0 bridgehead atoms. The number of aliphatic hydroxyl groups excluding tert-OH is 1. The van der Waals surface area contributed by atoms with E-state index in [0.717, 1.165) is 29.3 Å². The quantitative estimate of drug-likeness (QED) is 0.756. The molecule has 24 heavy (non-hydrogen) atoms. The molecule has 4 nitrogen and oxygen atoms in total. The van der Waals surface area contributed by atoms with Gasteiger partial charge in [-0.2, -0.15) is 0 Å². The molecule has 0 unspecified atom stereocenters. The lowest BCUT2D eigenvalue weighted by Gasteiger charge is -2.25. The molecule has 1 aliphatic carbocycles. The fourth-order valence-electron chi connectivity index (χ4n) is 3.10. The van der Waals surface area contributed by atoms with Crippen LogP contribution in [0.15, 0.2) is 60.8 Å². The number of benzene rings is 2. The molecule has 0 aliphatic heterocycles. The Balaban J connectivity index is 1.57. The predicted molar refractivity (Wildman–Crippen MR) is 93.8 cm³/mol. The SMILES string of the molecule is O=C(c1ccc2cc[nH]c2c1)N(C[C@H](O)c1ccccc1)C1CC1. The van der Waals surface area contributed by atoms with Gasteiger partial charge in [-0.15, -0.1) is 0 Å². The van der Waals surface area contributed by atoms with E-state index in [1.54, 1.807) is 0 Å². The van der Waals surface area contributed by atoms with Crippen molar-refractivity contribution in [1.82, 2.24) is 9.88 Å². The van der Waals surface area contributed by atoms with Crippen LogP contribution < -0.4 is 0 Å². The van der Waals surface area contributed by atoms with Gasteiger partial charge in [0.1, 0.15) is 0 Å². The average molecular weight is 320 g/mol. The lowest BCUT2D eigenvalue weighted by Crippen LogP contribution is -2.36. The highest BCUT2D eigenvalue weighted by Crippen LogP contribution is 2.30. The normalized spacial score (nSPS) is 15.4. The average Bonchev–Trinajstić information content (AvgIpc) is 3.36. The number of amides is 1. The third kappa shape index (κ3) is 2.93. The summed E-state index contributed by atoms with van der Waals surface area (Å²) in [5.41, 5.74) is 2.47. The first-order valence-electron chi connectivity index (χ1n) is 8.33. The summed E-state index contributed by atoms with van der Waals surface area (Å²) in [6, 6.07) is 17.5. The van der Waals surface area contributed by atoms with Crippen LogP contribution in [-0.2, 0) is 0 Å². The van der Waals surface area contributed by atoms with Crippen LogP contribution in [0.3, 0.4) is 0 Å². The van der Waals surface area contributed by atoms with Crippen LogP contribution in [0.2, 0.25) is 0 Å². The van der Waals surface area contributed by atoms with Gasteiger partial charge in [-0.05, 0) is 42.0 Å². The van der Waals surface area contributed by atoms with Crippen LogP contribution in [-0.4, -0.2) is 33.5 Å². The van der Waals surface area contributed by atoms with Gasteiger partial charge in [-0.25, -0.2) is 0 Å². The number of rotatable bonds is 5. The molecule has 0 radical (unpaired) electrons. The Kier molecular flexibility index (Phi) is 3.82. The van der Waals surface area contributed by atoms with Gasteiger partial charge in [0, 0.05) is 23.3 Å². The van der Waals surface area contributed by atoms with Crippen molar-refractivity contribution in [3.63, 3.8) is 0 Å². The maximum Gasteiger partial charge on any atom is 0.254 e. The van der Waals surface area contributed by atoms with Crippen LogP contribution in [0.25, 0.3) is 10.9 Å². The molecule has 1 fully saturated rings. The first-order chi connectivity index (χ1) is 11.7. The molecule has 1 amide bonds. The zero-order valence-electron chi connectivity index (χ0n) is 13.4. The Labute approximate surface area is 140 Å². The molecule has 0 saturated heterocycles. The first kappa shape index (κ1) is 15.0. The summed E-state index contributed by atoms with van der Waals surface area (Å²) < 4.78 is 0. The van der Waals surface area contributed by atoms with Crippen molar-refractivity contribution < 1.29 is 9.90 Å². The third-order valence-corrected chi connectivity index (χ3v) is 4.60. The fraction of sp³-hybridized carbons (Fsp3) is 0.250. The van der Waals surface area contributed by atoms with Crippen molar-refractivity contribution in [1.29, 1.82) is 0 Å². The zero-order valence-corrected chi connectivity index (χ0v) is 13.4. The molecular weight excluding hydrogens is 300 g/mol. The van der Waals surface area contributed by atoms with Crippen LogP contribution in [0.5, 0.6) is 0 Å². The smallest absolute Gasteiger partial charge is 0.254 e. The van der Waals surface area contributed by atoms with Gasteiger partial charge in [0.25, 0.3) is 5.91 Å². The molecule has 4 rings (SSSR count). The van der Waals surface area contributed by atoms with E-state index in [1.165, 1.54) is 0 Å². The molecule has 1 aromatic heterocycles. The summed E-state index contributed by atoms with van der Waals surface area (Å²) in [7, 11) is 0. The zero-order chi connectivity index (χ0) is 16.5. The Morgan fingerprint density at radius 3 is 2.71 bits per heavy atom. The summed E-state index contributed by atoms with van der Waals surface area (Å²) in [4.78, 5) is 17.9. The van der Waals surface area contributed by atoms with E-state index in [9.17, 15) is 9.90 Å². The topological polar surface area (TPSA) is 56.3 Å². The van der Waals surface area contributed by atoms with Gasteiger partial charge < -0.3 is 15.0 Å². The van der Waals surface area contributed by atoms with E-state index < -0.39 is 6.10 Å². The first-order valence-corrected chi connectivity index (χ1v) is 8.33. The van der Waals surface area contributed by atoms with Crippen LogP contribution >= 0.6 is 0 Å². The number of aromatic amines is 1. The largest absolute Gasteiger partial charge is 0.387 e. The summed E-state index contributed by atoms with van der Waals surface area (Å²) in [5, 5.41) is 11.6. The van der Waals surface area contributed by atoms with E-state index in [4.69, 9.17) is 0 Å². The van der Waals surface area contributed by atoms with E-state index >= 15 is 0 Å². The van der Waals surface area contributed by atoms with Crippen molar-refractivity contribution in [3.05, 3.63) is 71.9 Å². The molecule has 0 spiro atoms. The molecule has 1 heterocycles. The van der Waals surface area contributed by atoms with Gasteiger partial charge in [0.2, 0.25) is 0 Å². The van der Waals surface area contributed by atoms with Gasteiger partial charge in [-0.1, -0.05) is 36.4 Å². The lowest BCUT2D eigenvalue weighted by atomic mass is 10.1. The lowest BCUT2D eigenvalue weighted by molar-refractivity contribution is 0.0603. The van der Waals surface area contributed by atoms with E-state index in [-0.39, 0.29) is 11.9 Å². The fourth-order valence-corrected chi connectivity index (χ4v) is 3.10. The Morgan fingerprint density at radius 2 is 1.96 bits per heavy atom. The predicted octanol–water partition coefficient (Wildman–Crippen LogP) is 3.51. The van der Waals surface area contributed by atoms with Crippen molar-refractivity contribution in [2.75, 3.05) is 6.54 Å². The van der Waals surface area contributed by atoms with E-state index in [2.05, 4.69) is 4.98 Å². The molecule has 122 valence electrons. The van der Waals surface area contributed by atoms with E-state index in [0.29, 0.717) is 12.1 Å². The van der Waals surface area contributed by atoms with Gasteiger partial charge in [0.05, 0.1) is 12.6 Å². The molecule has 2 aromatic carbocycles. The van der Waals surface area contributed by atoms with Crippen LogP contribution in [0.1, 0.15) is 34.9 Å². The number of carbonyl (C=O) groups excluding carboxylic acids is 1. The van der Waals surface area contributed by atoms with Crippen molar-refractivity contribution >= 4 is 16.8 Å². The number of nitrogens with one attached hydrogen (secondary N) is 1. The van der Waals surface area contributed by atoms with Crippen molar-refractivity contribution in [3.8, 4) is 0 Å². The van der Waals surface area contributed by atoms with Crippen molar-refractivity contribution in [2.24, 2.45) is 0 Å². The Hall–Kier alpha value is -2.59. The highest BCUT2D eigenvalue weighted by atomic mass is 16.3. The molecule has 1 saturated carbocycles. The number of hydrogen-bond acceptors (Lipinski definition) is 2. The maximum absolute atomic E-state index is 13.0. The minimum absolute atomic E-state index is 0.0102. The molecule has 3 aromatic rings. The number of carbonyl (C=O) groups is 1. The summed E-state index contributed by atoms with van der Waals surface area (Å²) >= 11 is 0. The highest BCUT2D eigenvalue weighted by molar-refractivity contribution is 5.98. The maximum atomic E-state index is 13.0. The minimum atomic E-state index is -0.662. The molecule has 2 N–H and O–H groups in total. The molecule has 4 heteroatoms. The number of nitrogens with zero attached hydrogens (tertiary/aromatic N) is 1. The number of H-pyrrole nitrogens is 1. The molecular formula is C20H20N2O2. The summed E-state index contributed by atoms with van der Waals surface area (Å²) in [6.45, 7) is 0.330. The van der Waals surface area contributed by atoms with Gasteiger partial charge >= 0.3 is 0 Å². The van der Waals surface area contributed by atoms with Crippen LogP contribution in [0, 0.1) is 0 Å². The summed E-state index contributed by atoms with van der Waals surface area (Å²) in [5.74, 6) is -0.0102. The minimum Gasteiger partial charge on any atom is -0.387 e. The second-order valence-electron chi connectivity index (χ2n) is 6.39. The standard InChI is InChI=1S/C20H20N2O2/c23-19(15-4-2-1-3-5-15)13-22(17-8-9-17)20(24)16-7-6-14-10-11-21-18(14)12-16/h1-7,10-12,17,19,21,23H,8-9,13H2/t19-/m0/s1. The number of aromatic nitrogens is 1. The van der Waals surface area contributed by atoms with Gasteiger partial charge in [-0.3, -0.25) is 4.79 Å². The summed E-state index contributed by atoms with van der Waals surface area (Å²) in [6.07, 6.45) is 3.23. The highest BCUT2D eigenvalue weighted by Gasteiger charge is 2.34. The monoisotopic (exact) mass is 320 g/mol. The third-order valence-electron chi connectivity index (χ3n) is 4.60. The number of aliphatic hydroxyl groups is 1. The second-order valence-corrected chi connectivity index (χ2v) is 6.39. The molecule has 1 aliphatic rings. The molecule has 1 atom stereocenters.